The van der Waals surface area contributed by atoms with Gasteiger partial charge in [-0.05, 0) is 41.9 Å². The smallest absolute Gasteiger partial charge is 0.379 e. The minimum absolute atomic E-state index is 0.257. The Morgan fingerprint density at radius 1 is 1.02 bits per heavy atom. The van der Waals surface area contributed by atoms with Crippen molar-refractivity contribution in [3.8, 4) is 11.1 Å². The first-order chi connectivity index (χ1) is 20.1. The number of halogens is 4. The van der Waals surface area contributed by atoms with Crippen molar-refractivity contribution in [3.63, 3.8) is 0 Å². The number of hydrogen-bond acceptors (Lipinski definition) is 6. The summed E-state index contributed by atoms with van der Waals surface area (Å²) in [5.74, 6) is -4.32. The van der Waals surface area contributed by atoms with Crippen molar-refractivity contribution in [3.05, 3.63) is 59.4 Å². The Morgan fingerprint density at radius 2 is 1.76 bits per heavy atom. The van der Waals surface area contributed by atoms with Crippen LogP contribution < -0.4 is 10.2 Å². The molecule has 1 atom stereocenters. The zero-order valence-corrected chi connectivity index (χ0v) is 23.3. The molecule has 0 aliphatic carbocycles. The molecule has 3 aliphatic rings. The van der Waals surface area contributed by atoms with Crippen molar-refractivity contribution in [2.75, 3.05) is 69.2 Å². The normalized spacial score (nSPS) is 20.5. The molecule has 12 heteroatoms. The molecule has 3 aliphatic heterocycles. The third kappa shape index (κ3) is 6.88. The zero-order chi connectivity index (χ0) is 29.9. The Kier molecular flexibility index (Phi) is 9.05. The van der Waals surface area contributed by atoms with Gasteiger partial charge in [0.05, 0.1) is 30.2 Å². The lowest BCUT2D eigenvalue weighted by Gasteiger charge is -2.36. The molecule has 224 valence electrons. The van der Waals surface area contributed by atoms with Crippen molar-refractivity contribution in [1.82, 2.24) is 9.80 Å². The Balaban J connectivity index is 1.47. The maximum atomic E-state index is 15.2. The van der Waals surface area contributed by atoms with Crippen LogP contribution in [0.4, 0.5) is 28.9 Å². The van der Waals surface area contributed by atoms with Gasteiger partial charge < -0.3 is 19.9 Å². The molecule has 2 fully saturated rings. The highest BCUT2D eigenvalue weighted by molar-refractivity contribution is 6.11. The Labute approximate surface area is 241 Å². The number of anilines is 2. The summed E-state index contributed by atoms with van der Waals surface area (Å²) in [6, 6.07) is 10.0. The molecule has 0 spiro atoms. The number of rotatable bonds is 7. The summed E-state index contributed by atoms with van der Waals surface area (Å²) in [6.45, 7) is 9.24. The van der Waals surface area contributed by atoms with E-state index in [0.717, 1.165) is 44.5 Å². The second kappa shape index (κ2) is 12.7. The fraction of sp³-hybridized carbons (Fsp3) is 0.433. The van der Waals surface area contributed by atoms with Crippen LogP contribution in [0.1, 0.15) is 12.5 Å². The van der Waals surface area contributed by atoms with Crippen molar-refractivity contribution in [2.24, 2.45) is 10.9 Å². The van der Waals surface area contributed by atoms with Crippen LogP contribution in [0, 0.1) is 11.7 Å². The first kappa shape index (κ1) is 29.9. The molecule has 42 heavy (non-hydrogen) atoms. The van der Waals surface area contributed by atoms with Gasteiger partial charge in [-0.3, -0.25) is 14.5 Å². The summed E-state index contributed by atoms with van der Waals surface area (Å²) < 4.78 is 61.7. The molecule has 1 N–H and O–H groups in total. The van der Waals surface area contributed by atoms with E-state index in [4.69, 9.17) is 4.74 Å². The van der Waals surface area contributed by atoms with E-state index in [9.17, 15) is 22.8 Å². The molecule has 2 aromatic rings. The predicted molar refractivity (Wildman–Crippen MR) is 152 cm³/mol. The fourth-order valence-electron chi connectivity index (χ4n) is 5.46. The van der Waals surface area contributed by atoms with Gasteiger partial charge in [-0.15, -0.1) is 0 Å². The largest absolute Gasteiger partial charge is 0.414 e. The average molecular weight is 588 g/mol. The number of aliphatic imine (C=N–C) groups is 1. The van der Waals surface area contributed by atoms with Gasteiger partial charge in [0.1, 0.15) is 11.7 Å². The van der Waals surface area contributed by atoms with E-state index in [2.05, 4.69) is 31.9 Å². The highest BCUT2D eigenvalue weighted by Crippen LogP contribution is 2.37. The number of hydrogen-bond donors (Lipinski definition) is 1. The number of nitrogens with zero attached hydrogens (tertiary/aromatic N) is 4. The number of benzene rings is 2. The highest BCUT2D eigenvalue weighted by atomic mass is 19.4. The maximum absolute atomic E-state index is 15.2. The van der Waals surface area contributed by atoms with E-state index in [-0.39, 0.29) is 5.69 Å². The summed E-state index contributed by atoms with van der Waals surface area (Å²) >= 11 is 0. The topological polar surface area (TPSA) is 77.5 Å². The van der Waals surface area contributed by atoms with Crippen molar-refractivity contribution in [1.29, 1.82) is 0 Å². The number of alkyl halides is 3. The molecule has 0 aromatic heterocycles. The molecule has 2 saturated heterocycles. The van der Waals surface area contributed by atoms with Gasteiger partial charge in [0.25, 0.3) is 5.91 Å². The third-order valence-corrected chi connectivity index (χ3v) is 7.84. The molecule has 2 amide bonds. The average Bonchev–Trinajstić information content (AvgIpc) is 2.98. The Morgan fingerprint density at radius 3 is 2.45 bits per heavy atom. The monoisotopic (exact) mass is 587 g/mol. The standard InChI is InChI=1S/C30H33F4N5O3/c1-2-37-7-9-39(10-8-37)27-6-4-21(22-15-20(3-5-25(22)31)19-38-11-13-42-14-12-38)16-26(27)36-29(41)23-18-35-28(40)17-24(23)30(32,33)34/h3-6,15-18,23H,2,7-14,19H2,1H3,(H,36,41). The molecule has 0 radical (unpaired) electrons. The SMILES string of the molecule is CCN1CCN(c2ccc(-c3cc(CN4CCOCC4)ccc3F)cc2NC(=O)C2C=NC(=O)C=C2C(F)(F)F)CC1. The number of ether oxygens (including phenoxy) is 1. The predicted octanol–water partition coefficient (Wildman–Crippen LogP) is 4.12. The molecule has 2 aromatic carbocycles. The minimum Gasteiger partial charge on any atom is -0.379 e. The zero-order valence-electron chi connectivity index (χ0n) is 23.3. The Bertz CT molecular complexity index is 1380. The van der Waals surface area contributed by atoms with Crippen LogP contribution in [-0.2, 0) is 20.9 Å². The third-order valence-electron chi connectivity index (χ3n) is 7.84. The van der Waals surface area contributed by atoms with E-state index in [0.29, 0.717) is 55.7 Å². The van der Waals surface area contributed by atoms with Crippen LogP contribution >= 0.6 is 0 Å². The molecule has 0 bridgehead atoms. The van der Waals surface area contributed by atoms with Crippen LogP contribution in [-0.4, -0.2) is 93.0 Å². The van der Waals surface area contributed by atoms with E-state index in [1.54, 1.807) is 30.3 Å². The van der Waals surface area contributed by atoms with Gasteiger partial charge in [0.15, 0.2) is 0 Å². The van der Waals surface area contributed by atoms with Crippen LogP contribution in [0.5, 0.6) is 0 Å². The van der Waals surface area contributed by atoms with Gasteiger partial charge >= 0.3 is 6.18 Å². The van der Waals surface area contributed by atoms with Gasteiger partial charge in [-0.25, -0.2) is 9.38 Å². The number of nitrogens with one attached hydrogen (secondary N) is 1. The quantitative estimate of drug-likeness (QED) is 0.492. The summed E-state index contributed by atoms with van der Waals surface area (Å²) in [6.07, 6.45) is -3.82. The molecule has 5 rings (SSSR count). The van der Waals surface area contributed by atoms with E-state index < -0.39 is 35.3 Å². The first-order valence-electron chi connectivity index (χ1n) is 14.0. The molecule has 1 unspecified atom stereocenters. The van der Waals surface area contributed by atoms with Gasteiger partial charge in [0.2, 0.25) is 5.91 Å². The number of carbonyl (C=O) groups is 2. The minimum atomic E-state index is -4.89. The van der Waals surface area contributed by atoms with Crippen LogP contribution in [0.2, 0.25) is 0 Å². The summed E-state index contributed by atoms with van der Waals surface area (Å²) in [5.41, 5.74) is 1.29. The van der Waals surface area contributed by atoms with E-state index in [1.165, 1.54) is 6.07 Å². The lowest BCUT2D eigenvalue weighted by molar-refractivity contribution is -0.124. The van der Waals surface area contributed by atoms with Crippen LogP contribution in [0.3, 0.4) is 0 Å². The van der Waals surface area contributed by atoms with Crippen molar-refractivity contribution >= 4 is 29.4 Å². The number of likely N-dealkylation sites (N-methyl/N-ethyl adjacent to an activating group) is 1. The lowest BCUT2D eigenvalue weighted by atomic mass is 9.95. The maximum Gasteiger partial charge on any atom is 0.414 e. The molecule has 0 saturated carbocycles. The highest BCUT2D eigenvalue weighted by Gasteiger charge is 2.43. The van der Waals surface area contributed by atoms with Gasteiger partial charge in [-0.1, -0.05) is 19.1 Å². The molecular weight excluding hydrogens is 554 g/mol. The summed E-state index contributed by atoms with van der Waals surface area (Å²) in [5, 5.41) is 2.65. The molecule has 8 nitrogen and oxygen atoms in total. The first-order valence-corrected chi connectivity index (χ1v) is 14.0. The van der Waals surface area contributed by atoms with Gasteiger partial charge in [0, 0.05) is 63.7 Å². The second-order valence-corrected chi connectivity index (χ2v) is 10.5. The van der Waals surface area contributed by atoms with E-state index in [1.807, 2.05) is 0 Å². The fourth-order valence-corrected chi connectivity index (χ4v) is 5.46. The van der Waals surface area contributed by atoms with E-state index >= 15 is 4.39 Å². The van der Waals surface area contributed by atoms with Crippen molar-refractivity contribution < 1.29 is 31.9 Å². The Hall–Kier alpha value is -3.61. The number of carbonyl (C=O) groups excluding carboxylic acids is 2. The van der Waals surface area contributed by atoms with Crippen LogP contribution in [0.25, 0.3) is 11.1 Å². The summed E-state index contributed by atoms with van der Waals surface area (Å²) in [4.78, 5) is 34.8. The number of amides is 2. The second-order valence-electron chi connectivity index (χ2n) is 10.5. The number of piperazine rings is 1. The van der Waals surface area contributed by atoms with Crippen LogP contribution in [0.15, 0.2) is 53.0 Å². The molecular formula is C30H33F4N5O3. The summed E-state index contributed by atoms with van der Waals surface area (Å²) in [7, 11) is 0. The lowest BCUT2D eigenvalue weighted by Crippen LogP contribution is -2.46. The number of dihydropyridines is 1. The van der Waals surface area contributed by atoms with Crippen molar-refractivity contribution in [2.45, 2.75) is 19.6 Å². The van der Waals surface area contributed by atoms with Gasteiger partial charge in [-0.2, -0.15) is 13.2 Å². The number of morpholine rings is 1. The molecule has 3 heterocycles.